The summed E-state index contributed by atoms with van der Waals surface area (Å²) in [6.45, 7) is 2.11. The van der Waals surface area contributed by atoms with Crippen molar-refractivity contribution in [2.24, 2.45) is 0 Å². The molecule has 0 aliphatic carbocycles. The van der Waals surface area contributed by atoms with Gasteiger partial charge >= 0.3 is 0 Å². The summed E-state index contributed by atoms with van der Waals surface area (Å²) in [5.41, 5.74) is 3.74. The topological polar surface area (TPSA) is 61.4 Å². The van der Waals surface area contributed by atoms with Crippen LogP contribution in [-0.2, 0) is 17.8 Å². The molecule has 0 radical (unpaired) electrons. The smallest absolute Gasteiger partial charge is 0.253 e. The quantitative estimate of drug-likeness (QED) is 0.600. The Kier molecular flexibility index (Phi) is 7.18. The number of benzene rings is 3. The molecule has 32 heavy (non-hydrogen) atoms. The zero-order chi connectivity index (χ0) is 22.2. The van der Waals surface area contributed by atoms with E-state index in [2.05, 4.69) is 15.5 Å². The molecule has 0 atom stereocenters. The van der Waals surface area contributed by atoms with Crippen LogP contribution in [0.5, 0.6) is 0 Å². The molecule has 0 aromatic heterocycles. The van der Waals surface area contributed by atoms with E-state index in [0.717, 1.165) is 42.7 Å². The van der Waals surface area contributed by atoms with Crippen LogP contribution in [0.25, 0.3) is 0 Å². The largest absolute Gasteiger partial charge is 0.371 e. The highest BCUT2D eigenvalue weighted by molar-refractivity contribution is 5.99. The van der Waals surface area contributed by atoms with Gasteiger partial charge in [0, 0.05) is 31.4 Å². The summed E-state index contributed by atoms with van der Waals surface area (Å²) in [5, 5.41) is 6.20. The van der Waals surface area contributed by atoms with E-state index in [4.69, 9.17) is 0 Å². The Morgan fingerprint density at radius 2 is 1.38 bits per heavy atom. The fourth-order valence-corrected chi connectivity index (χ4v) is 4.14. The summed E-state index contributed by atoms with van der Waals surface area (Å²) in [4.78, 5) is 27.5. The summed E-state index contributed by atoms with van der Waals surface area (Å²) in [7, 11) is 0. The van der Waals surface area contributed by atoms with Crippen molar-refractivity contribution in [1.29, 1.82) is 0 Å². The first-order valence-corrected chi connectivity index (χ1v) is 11.2. The number of carbonyl (C=O) groups excluding carboxylic acids is 2. The Morgan fingerprint density at radius 1 is 0.781 bits per heavy atom. The van der Waals surface area contributed by atoms with Crippen LogP contribution in [0.1, 0.15) is 34.3 Å². The monoisotopic (exact) mass is 427 g/mol. The van der Waals surface area contributed by atoms with Gasteiger partial charge in [0.1, 0.15) is 0 Å². The number of amides is 2. The van der Waals surface area contributed by atoms with Crippen molar-refractivity contribution in [3.05, 3.63) is 102 Å². The van der Waals surface area contributed by atoms with Gasteiger partial charge in [0.25, 0.3) is 5.91 Å². The number of nitrogens with one attached hydrogen (secondary N) is 2. The molecule has 3 aromatic carbocycles. The molecule has 0 bridgehead atoms. The van der Waals surface area contributed by atoms with E-state index in [1.807, 2.05) is 84.9 Å². The maximum Gasteiger partial charge on any atom is 0.253 e. The van der Waals surface area contributed by atoms with Gasteiger partial charge in [-0.3, -0.25) is 9.59 Å². The minimum Gasteiger partial charge on any atom is -0.371 e. The molecule has 1 aliphatic heterocycles. The number of piperidine rings is 1. The Hall–Kier alpha value is -3.60. The maximum atomic E-state index is 12.9. The highest BCUT2D eigenvalue weighted by Crippen LogP contribution is 2.24. The lowest BCUT2D eigenvalue weighted by Crippen LogP contribution is -2.45. The van der Waals surface area contributed by atoms with Gasteiger partial charge in [-0.05, 0) is 36.1 Å². The van der Waals surface area contributed by atoms with Crippen LogP contribution in [-0.4, -0.2) is 30.9 Å². The van der Waals surface area contributed by atoms with Crippen molar-refractivity contribution in [2.45, 2.75) is 31.8 Å². The highest BCUT2D eigenvalue weighted by Gasteiger charge is 2.23. The first-order chi connectivity index (χ1) is 15.7. The molecule has 0 unspecified atom stereocenters. The highest BCUT2D eigenvalue weighted by atomic mass is 16.2. The average molecular weight is 428 g/mol. The van der Waals surface area contributed by atoms with Gasteiger partial charge in [-0.25, -0.2) is 0 Å². The Bertz CT molecular complexity index is 1030. The van der Waals surface area contributed by atoms with Gasteiger partial charge < -0.3 is 15.5 Å². The second-order valence-electron chi connectivity index (χ2n) is 8.18. The molecule has 2 amide bonds. The van der Waals surface area contributed by atoms with Crippen molar-refractivity contribution in [2.75, 3.05) is 18.0 Å². The number of carbonyl (C=O) groups is 2. The van der Waals surface area contributed by atoms with Crippen LogP contribution in [0.15, 0.2) is 84.9 Å². The van der Waals surface area contributed by atoms with Crippen LogP contribution < -0.4 is 15.5 Å². The zero-order valence-corrected chi connectivity index (χ0v) is 18.2. The van der Waals surface area contributed by atoms with Crippen molar-refractivity contribution >= 4 is 17.5 Å². The molecule has 5 nitrogen and oxygen atoms in total. The fraction of sp³-hybridized carbons (Fsp3) is 0.259. The summed E-state index contributed by atoms with van der Waals surface area (Å²) in [6, 6.07) is 27.6. The number of nitrogens with zero attached hydrogens (tertiary/aromatic N) is 1. The molecule has 3 aromatic rings. The molecule has 5 heteroatoms. The van der Waals surface area contributed by atoms with E-state index in [-0.39, 0.29) is 17.9 Å². The number of rotatable bonds is 7. The predicted octanol–water partition coefficient (Wildman–Crippen LogP) is 3.94. The second-order valence-corrected chi connectivity index (χ2v) is 8.18. The SMILES string of the molecule is O=C(Cc1ccccc1)NC1CCN(c2ccccc2C(=O)NCc2ccccc2)CC1. The summed E-state index contributed by atoms with van der Waals surface area (Å²) in [5.74, 6) is -0.00178. The number of hydrogen-bond donors (Lipinski definition) is 2. The number of para-hydroxylation sites is 1. The van der Waals surface area contributed by atoms with Crippen LogP contribution in [0.3, 0.4) is 0 Å². The van der Waals surface area contributed by atoms with Crippen molar-refractivity contribution < 1.29 is 9.59 Å². The minimum atomic E-state index is -0.0669. The van der Waals surface area contributed by atoms with E-state index >= 15 is 0 Å². The lowest BCUT2D eigenvalue weighted by atomic mass is 10.0. The van der Waals surface area contributed by atoms with Crippen molar-refractivity contribution in [1.82, 2.24) is 10.6 Å². The molecule has 1 aliphatic rings. The minimum absolute atomic E-state index is 0.0651. The Morgan fingerprint density at radius 3 is 2.06 bits per heavy atom. The van der Waals surface area contributed by atoms with Gasteiger partial charge in [0.2, 0.25) is 5.91 Å². The van der Waals surface area contributed by atoms with Crippen LogP contribution in [0.2, 0.25) is 0 Å². The molecule has 0 spiro atoms. The third kappa shape index (κ3) is 5.76. The lowest BCUT2D eigenvalue weighted by Gasteiger charge is -2.35. The normalized spacial score (nSPS) is 14.1. The third-order valence-corrected chi connectivity index (χ3v) is 5.85. The van der Waals surface area contributed by atoms with Gasteiger partial charge in [-0.2, -0.15) is 0 Å². The third-order valence-electron chi connectivity index (χ3n) is 5.85. The lowest BCUT2D eigenvalue weighted by molar-refractivity contribution is -0.121. The standard InChI is InChI=1S/C27H29N3O2/c31-26(19-21-9-3-1-4-10-21)29-23-15-17-30(18-16-23)25-14-8-7-13-24(25)27(32)28-20-22-11-5-2-6-12-22/h1-14,23H,15-20H2,(H,28,32)(H,29,31). The molecule has 164 valence electrons. The molecule has 2 N–H and O–H groups in total. The van der Waals surface area contributed by atoms with Crippen LogP contribution >= 0.6 is 0 Å². The van der Waals surface area contributed by atoms with E-state index < -0.39 is 0 Å². The van der Waals surface area contributed by atoms with Crippen molar-refractivity contribution in [3.63, 3.8) is 0 Å². The number of hydrogen-bond acceptors (Lipinski definition) is 3. The predicted molar refractivity (Wildman–Crippen MR) is 128 cm³/mol. The first kappa shape index (κ1) is 21.6. The first-order valence-electron chi connectivity index (χ1n) is 11.2. The van der Waals surface area contributed by atoms with Crippen LogP contribution in [0, 0.1) is 0 Å². The average Bonchev–Trinajstić information content (AvgIpc) is 2.84. The van der Waals surface area contributed by atoms with E-state index in [0.29, 0.717) is 18.5 Å². The molecular weight excluding hydrogens is 398 g/mol. The van der Waals surface area contributed by atoms with E-state index in [9.17, 15) is 9.59 Å². The molecular formula is C27H29N3O2. The van der Waals surface area contributed by atoms with Gasteiger partial charge in [0.15, 0.2) is 0 Å². The van der Waals surface area contributed by atoms with E-state index in [1.54, 1.807) is 0 Å². The van der Waals surface area contributed by atoms with Gasteiger partial charge in [0.05, 0.1) is 12.0 Å². The second kappa shape index (κ2) is 10.6. The molecule has 1 saturated heterocycles. The van der Waals surface area contributed by atoms with E-state index in [1.165, 1.54) is 0 Å². The van der Waals surface area contributed by atoms with Crippen LogP contribution in [0.4, 0.5) is 5.69 Å². The summed E-state index contributed by atoms with van der Waals surface area (Å²) in [6.07, 6.45) is 2.13. The summed E-state index contributed by atoms with van der Waals surface area (Å²) < 4.78 is 0. The maximum absolute atomic E-state index is 12.9. The van der Waals surface area contributed by atoms with Gasteiger partial charge in [-0.15, -0.1) is 0 Å². The molecule has 0 saturated carbocycles. The van der Waals surface area contributed by atoms with Crippen molar-refractivity contribution in [3.8, 4) is 0 Å². The molecule has 1 heterocycles. The Labute approximate surface area is 189 Å². The molecule has 4 rings (SSSR count). The molecule has 1 fully saturated rings. The fourth-order valence-electron chi connectivity index (χ4n) is 4.14. The summed E-state index contributed by atoms with van der Waals surface area (Å²) >= 11 is 0. The van der Waals surface area contributed by atoms with Gasteiger partial charge in [-0.1, -0.05) is 72.8 Å². The Balaban J connectivity index is 1.31. The zero-order valence-electron chi connectivity index (χ0n) is 18.2. The number of anilines is 1.